The molecule has 5 N–H and O–H groups in total. The lowest BCUT2D eigenvalue weighted by Gasteiger charge is -1.96. The van der Waals surface area contributed by atoms with E-state index in [1.54, 1.807) is 18.2 Å². The van der Waals surface area contributed by atoms with Gasteiger partial charge in [0.05, 0.1) is 11.0 Å². The normalized spacial score (nSPS) is 10.3. The Bertz CT molecular complexity index is 572. The minimum absolute atomic E-state index is 0.0157. The number of H-pyrrole nitrogens is 1. The molecule has 0 bridgehead atoms. The van der Waals surface area contributed by atoms with E-state index in [0.717, 1.165) is 0 Å². The molecule has 1 aromatic carbocycles. The summed E-state index contributed by atoms with van der Waals surface area (Å²) in [5.41, 5.74) is 7.32. The molecule has 0 saturated heterocycles. The van der Waals surface area contributed by atoms with E-state index >= 15 is 0 Å². The Morgan fingerprint density at radius 1 is 1.56 bits per heavy atom. The maximum Gasteiger partial charge on any atom is 0.286 e. The first-order valence-electron chi connectivity index (χ1n) is 4.68. The number of hydrogen-bond acceptors (Lipinski definition) is 3. The van der Waals surface area contributed by atoms with Crippen molar-refractivity contribution < 1.29 is 4.79 Å². The molecule has 16 heavy (non-hydrogen) atoms. The third kappa shape index (κ3) is 1.60. The summed E-state index contributed by atoms with van der Waals surface area (Å²) in [5, 5.41) is 9.78. The largest absolute Gasteiger partial charge is 0.384 e. The van der Waals surface area contributed by atoms with Crippen LogP contribution in [0.1, 0.15) is 16.2 Å². The van der Waals surface area contributed by atoms with E-state index in [-0.39, 0.29) is 17.6 Å². The summed E-state index contributed by atoms with van der Waals surface area (Å²) >= 11 is 0. The van der Waals surface area contributed by atoms with Gasteiger partial charge in [-0.3, -0.25) is 10.2 Å². The molecular formula is C10H11N5O. The van der Waals surface area contributed by atoms with Crippen molar-refractivity contribution in [1.29, 1.82) is 5.41 Å². The van der Waals surface area contributed by atoms with E-state index < -0.39 is 0 Å². The average molecular weight is 217 g/mol. The Kier molecular flexibility index (Phi) is 2.32. The van der Waals surface area contributed by atoms with Gasteiger partial charge >= 0.3 is 0 Å². The summed E-state index contributed by atoms with van der Waals surface area (Å²) in [4.78, 5) is 18.3. The highest BCUT2D eigenvalue weighted by Crippen LogP contribution is 2.13. The first-order chi connectivity index (χ1) is 7.61. The Labute approximate surface area is 91.4 Å². The molecule has 2 aromatic rings. The molecule has 6 heteroatoms. The highest BCUT2D eigenvalue weighted by Gasteiger charge is 2.09. The van der Waals surface area contributed by atoms with Gasteiger partial charge in [0.1, 0.15) is 5.84 Å². The first-order valence-corrected chi connectivity index (χ1v) is 4.68. The molecule has 1 heterocycles. The summed E-state index contributed by atoms with van der Waals surface area (Å²) in [6, 6.07) is 5.10. The number of hydrogen-bond donors (Lipinski definition) is 4. The summed E-state index contributed by atoms with van der Waals surface area (Å²) in [5.74, 6) is -0.0447. The standard InChI is InChI=1S/C10H11N5O/c1-13-10(16)9-14-6-3-2-5(8(11)12)4-7(6)15-9/h2-4H,1H3,(H3,11,12)(H,13,16)(H,14,15). The number of aromatic nitrogens is 2. The number of nitrogens with two attached hydrogens (primary N) is 1. The zero-order valence-electron chi connectivity index (χ0n) is 8.66. The smallest absolute Gasteiger partial charge is 0.286 e. The maximum atomic E-state index is 11.3. The average Bonchev–Trinajstić information content (AvgIpc) is 2.70. The number of rotatable bonds is 2. The number of benzene rings is 1. The maximum absolute atomic E-state index is 11.3. The highest BCUT2D eigenvalue weighted by atomic mass is 16.2. The second-order valence-electron chi connectivity index (χ2n) is 3.31. The molecule has 0 unspecified atom stereocenters. The number of nitrogens with zero attached hydrogens (tertiary/aromatic N) is 1. The van der Waals surface area contributed by atoms with Crippen molar-refractivity contribution in [1.82, 2.24) is 15.3 Å². The Balaban J connectivity index is 2.54. The number of amides is 1. The van der Waals surface area contributed by atoms with Crippen LogP contribution in [0.2, 0.25) is 0 Å². The molecule has 0 aliphatic heterocycles. The number of carbonyl (C=O) groups is 1. The van der Waals surface area contributed by atoms with Gasteiger partial charge in [0, 0.05) is 12.6 Å². The predicted molar refractivity (Wildman–Crippen MR) is 60.5 cm³/mol. The van der Waals surface area contributed by atoms with Crippen molar-refractivity contribution in [3.05, 3.63) is 29.6 Å². The van der Waals surface area contributed by atoms with Crippen LogP contribution >= 0.6 is 0 Å². The molecule has 6 nitrogen and oxygen atoms in total. The van der Waals surface area contributed by atoms with E-state index in [2.05, 4.69) is 15.3 Å². The lowest BCUT2D eigenvalue weighted by molar-refractivity contribution is 0.0954. The number of fused-ring (bicyclic) bond motifs is 1. The molecule has 0 atom stereocenters. The summed E-state index contributed by atoms with van der Waals surface area (Å²) in [6.45, 7) is 0. The summed E-state index contributed by atoms with van der Waals surface area (Å²) in [6.07, 6.45) is 0. The zero-order chi connectivity index (χ0) is 11.7. The molecule has 0 aliphatic carbocycles. The van der Waals surface area contributed by atoms with E-state index in [1.165, 1.54) is 7.05 Å². The fourth-order valence-corrected chi connectivity index (χ4v) is 1.40. The number of imidazole rings is 1. The predicted octanol–water partition coefficient (Wildman–Crippen LogP) is 0.207. The highest BCUT2D eigenvalue weighted by molar-refractivity contribution is 5.99. The fourth-order valence-electron chi connectivity index (χ4n) is 1.40. The van der Waals surface area contributed by atoms with E-state index in [9.17, 15) is 4.79 Å². The van der Waals surface area contributed by atoms with Crippen LogP contribution in [0.5, 0.6) is 0 Å². The molecule has 0 saturated carbocycles. The van der Waals surface area contributed by atoms with Crippen LogP contribution in [-0.2, 0) is 0 Å². The Morgan fingerprint density at radius 3 is 2.94 bits per heavy atom. The number of carbonyl (C=O) groups excluding carboxylic acids is 1. The van der Waals surface area contributed by atoms with Crippen molar-refractivity contribution in [2.45, 2.75) is 0 Å². The van der Waals surface area contributed by atoms with Crippen LogP contribution in [0.3, 0.4) is 0 Å². The molecule has 0 spiro atoms. The van der Waals surface area contributed by atoms with Gasteiger partial charge in [0.15, 0.2) is 5.82 Å². The first kappa shape index (κ1) is 10.2. The van der Waals surface area contributed by atoms with Crippen molar-refractivity contribution >= 4 is 22.8 Å². The third-order valence-corrected chi connectivity index (χ3v) is 2.24. The van der Waals surface area contributed by atoms with Gasteiger partial charge in [-0.05, 0) is 18.2 Å². The van der Waals surface area contributed by atoms with Crippen LogP contribution < -0.4 is 11.1 Å². The molecule has 82 valence electrons. The van der Waals surface area contributed by atoms with Crippen LogP contribution in [0.4, 0.5) is 0 Å². The quantitative estimate of drug-likeness (QED) is 0.426. The topological polar surface area (TPSA) is 108 Å². The van der Waals surface area contributed by atoms with Gasteiger partial charge in [-0.25, -0.2) is 4.98 Å². The minimum atomic E-state index is -0.277. The van der Waals surface area contributed by atoms with Gasteiger partial charge in [-0.1, -0.05) is 0 Å². The molecule has 0 radical (unpaired) electrons. The summed E-state index contributed by atoms with van der Waals surface area (Å²) in [7, 11) is 1.54. The number of nitrogens with one attached hydrogen (secondary N) is 3. The fraction of sp³-hybridized carbons (Fsp3) is 0.100. The van der Waals surface area contributed by atoms with Gasteiger partial charge in [0.2, 0.25) is 0 Å². The van der Waals surface area contributed by atoms with Crippen molar-refractivity contribution in [2.24, 2.45) is 5.73 Å². The zero-order valence-corrected chi connectivity index (χ0v) is 8.66. The van der Waals surface area contributed by atoms with Gasteiger partial charge < -0.3 is 16.0 Å². The van der Waals surface area contributed by atoms with Crippen LogP contribution in [0, 0.1) is 5.41 Å². The van der Waals surface area contributed by atoms with Gasteiger partial charge in [-0.2, -0.15) is 0 Å². The SMILES string of the molecule is CNC(=O)c1nc2ccc(C(=N)N)cc2[nH]1. The van der Waals surface area contributed by atoms with Gasteiger partial charge in [-0.15, -0.1) is 0 Å². The van der Waals surface area contributed by atoms with E-state index in [4.69, 9.17) is 11.1 Å². The molecule has 1 amide bonds. The second kappa shape index (κ2) is 3.65. The Hall–Kier alpha value is -2.37. The van der Waals surface area contributed by atoms with Crippen LogP contribution in [0.15, 0.2) is 18.2 Å². The summed E-state index contributed by atoms with van der Waals surface area (Å²) < 4.78 is 0. The van der Waals surface area contributed by atoms with Crippen LogP contribution in [-0.4, -0.2) is 28.8 Å². The lowest BCUT2D eigenvalue weighted by Crippen LogP contribution is -2.19. The molecule has 0 fully saturated rings. The molecule has 2 rings (SSSR count). The van der Waals surface area contributed by atoms with Crippen LogP contribution in [0.25, 0.3) is 11.0 Å². The second-order valence-corrected chi connectivity index (χ2v) is 3.31. The number of amidine groups is 1. The minimum Gasteiger partial charge on any atom is -0.384 e. The van der Waals surface area contributed by atoms with Crippen molar-refractivity contribution in [3.63, 3.8) is 0 Å². The molecular weight excluding hydrogens is 206 g/mol. The monoisotopic (exact) mass is 217 g/mol. The van der Waals surface area contributed by atoms with Gasteiger partial charge in [0.25, 0.3) is 5.91 Å². The number of aromatic amines is 1. The third-order valence-electron chi connectivity index (χ3n) is 2.24. The van der Waals surface area contributed by atoms with Crippen molar-refractivity contribution in [2.75, 3.05) is 7.05 Å². The van der Waals surface area contributed by atoms with E-state index in [0.29, 0.717) is 16.6 Å². The van der Waals surface area contributed by atoms with Crippen molar-refractivity contribution in [3.8, 4) is 0 Å². The lowest BCUT2D eigenvalue weighted by atomic mass is 10.2. The Morgan fingerprint density at radius 2 is 2.31 bits per heavy atom. The molecule has 1 aromatic heterocycles. The number of nitrogen functional groups attached to an aromatic ring is 1. The molecule has 0 aliphatic rings. The van der Waals surface area contributed by atoms with E-state index in [1.807, 2.05) is 0 Å².